The van der Waals surface area contributed by atoms with E-state index in [9.17, 15) is 4.79 Å². The average molecular weight is 404 g/mol. The molecule has 2 saturated heterocycles. The van der Waals surface area contributed by atoms with E-state index in [4.69, 9.17) is 0 Å². The summed E-state index contributed by atoms with van der Waals surface area (Å²) in [5.41, 5.74) is 5.08. The highest BCUT2D eigenvalue weighted by Crippen LogP contribution is 2.34. The van der Waals surface area contributed by atoms with Crippen molar-refractivity contribution in [2.75, 3.05) is 32.7 Å². The van der Waals surface area contributed by atoms with Crippen LogP contribution < -0.4 is 0 Å². The Hall–Kier alpha value is -2.50. The van der Waals surface area contributed by atoms with Gasteiger partial charge in [-0.3, -0.25) is 4.79 Å². The van der Waals surface area contributed by atoms with Crippen molar-refractivity contribution < 1.29 is 4.79 Å². The molecule has 5 rings (SSSR count). The van der Waals surface area contributed by atoms with E-state index >= 15 is 0 Å². The van der Waals surface area contributed by atoms with Crippen LogP contribution in [0.1, 0.15) is 27.5 Å². The summed E-state index contributed by atoms with van der Waals surface area (Å²) in [6.07, 6.45) is 0. The molecule has 0 bridgehead atoms. The Morgan fingerprint density at radius 3 is 2.03 bits per heavy atom. The Balaban J connectivity index is 1.27. The zero-order valence-corrected chi connectivity index (χ0v) is 17.2. The molecule has 2 aliphatic rings. The van der Waals surface area contributed by atoms with Crippen molar-refractivity contribution in [3.63, 3.8) is 0 Å². The van der Waals surface area contributed by atoms with E-state index < -0.39 is 0 Å². The van der Waals surface area contributed by atoms with Gasteiger partial charge in [-0.25, -0.2) is 4.98 Å². The molecule has 1 amide bonds. The molecular weight excluding hydrogens is 378 g/mol. The quantitative estimate of drug-likeness (QED) is 0.647. The molecule has 3 heterocycles. The number of fused-ring (bicyclic) bond motifs is 1. The number of benzene rings is 2. The van der Waals surface area contributed by atoms with Crippen molar-refractivity contribution in [1.29, 1.82) is 0 Å². The predicted molar refractivity (Wildman–Crippen MR) is 116 cm³/mol. The van der Waals surface area contributed by atoms with Gasteiger partial charge in [0.2, 0.25) is 0 Å². The van der Waals surface area contributed by atoms with E-state index in [-0.39, 0.29) is 5.91 Å². The highest BCUT2D eigenvalue weighted by Gasteiger charge is 2.42. The molecule has 29 heavy (non-hydrogen) atoms. The summed E-state index contributed by atoms with van der Waals surface area (Å²) >= 11 is 1.48. The zero-order chi connectivity index (χ0) is 19.6. The minimum absolute atomic E-state index is 0.0960. The molecule has 2 fully saturated rings. The third-order valence-corrected chi connectivity index (χ3v) is 6.93. The maximum Gasteiger partial charge on any atom is 0.273 e. The van der Waals surface area contributed by atoms with Gasteiger partial charge in [0.25, 0.3) is 5.91 Å². The lowest BCUT2D eigenvalue weighted by molar-refractivity contribution is 0.0769. The molecule has 2 aromatic carbocycles. The van der Waals surface area contributed by atoms with Gasteiger partial charge in [0.05, 0.1) is 5.51 Å². The molecule has 0 aliphatic carbocycles. The minimum Gasteiger partial charge on any atom is -0.337 e. The topological polar surface area (TPSA) is 36.4 Å². The van der Waals surface area contributed by atoms with Crippen LogP contribution in [-0.4, -0.2) is 53.4 Å². The number of carbonyl (C=O) groups excluding carboxylic acids is 1. The average Bonchev–Trinajstić information content (AvgIpc) is 3.49. The van der Waals surface area contributed by atoms with Gasteiger partial charge in [0, 0.05) is 44.0 Å². The summed E-state index contributed by atoms with van der Waals surface area (Å²) in [6.45, 7) is 4.89. The number of thiazole rings is 1. The molecule has 0 N–H and O–H groups in total. The standard InChI is InChI=1S/C24H25N3OS/c28-24(23-16-29-17-25-23)27-13-20-11-26(12-21(20)14-27)15-22(18-7-3-1-4-8-18)19-9-5-2-6-10-19/h1-10,16-17,20-22H,11-15H2/t20-,21+. The highest BCUT2D eigenvalue weighted by molar-refractivity contribution is 7.07. The minimum atomic E-state index is 0.0960. The van der Waals surface area contributed by atoms with E-state index in [1.165, 1.54) is 22.5 Å². The van der Waals surface area contributed by atoms with Crippen LogP contribution in [0.4, 0.5) is 0 Å². The fourth-order valence-corrected chi connectivity index (χ4v) is 5.44. The number of hydrogen-bond donors (Lipinski definition) is 0. The Labute approximate surface area is 175 Å². The number of amides is 1. The lowest BCUT2D eigenvalue weighted by Crippen LogP contribution is -2.34. The fraction of sp³-hybridized carbons (Fsp3) is 0.333. The molecule has 3 aromatic rings. The molecule has 0 spiro atoms. The number of nitrogens with zero attached hydrogens (tertiary/aromatic N) is 3. The van der Waals surface area contributed by atoms with Crippen LogP contribution >= 0.6 is 11.3 Å². The van der Waals surface area contributed by atoms with Crippen molar-refractivity contribution in [1.82, 2.24) is 14.8 Å². The summed E-state index contributed by atoms with van der Waals surface area (Å²) in [4.78, 5) is 21.4. The first-order chi connectivity index (χ1) is 14.3. The largest absolute Gasteiger partial charge is 0.337 e. The molecule has 0 saturated carbocycles. The van der Waals surface area contributed by atoms with E-state index in [0.29, 0.717) is 23.4 Å². The second-order valence-electron chi connectivity index (χ2n) is 8.20. The van der Waals surface area contributed by atoms with Crippen LogP contribution in [0.5, 0.6) is 0 Å². The third-order valence-electron chi connectivity index (χ3n) is 6.35. The maximum atomic E-state index is 12.6. The summed E-state index contributed by atoms with van der Waals surface area (Å²) in [6, 6.07) is 21.6. The van der Waals surface area contributed by atoms with E-state index in [0.717, 1.165) is 32.7 Å². The first-order valence-corrected chi connectivity index (χ1v) is 11.2. The summed E-state index contributed by atoms with van der Waals surface area (Å²) in [5, 5.41) is 1.85. The Morgan fingerprint density at radius 2 is 1.52 bits per heavy atom. The van der Waals surface area contributed by atoms with Gasteiger partial charge in [-0.1, -0.05) is 60.7 Å². The smallest absolute Gasteiger partial charge is 0.273 e. The lowest BCUT2D eigenvalue weighted by atomic mass is 9.91. The maximum absolute atomic E-state index is 12.6. The fourth-order valence-electron chi connectivity index (χ4n) is 4.92. The molecule has 0 unspecified atom stereocenters. The Bertz CT molecular complexity index is 891. The van der Waals surface area contributed by atoms with Crippen LogP contribution in [0.25, 0.3) is 0 Å². The van der Waals surface area contributed by atoms with Gasteiger partial charge in [0.15, 0.2) is 0 Å². The molecule has 148 valence electrons. The van der Waals surface area contributed by atoms with Crippen molar-refractivity contribution in [2.45, 2.75) is 5.92 Å². The van der Waals surface area contributed by atoms with Crippen LogP contribution in [0.15, 0.2) is 71.6 Å². The molecule has 0 radical (unpaired) electrons. The number of rotatable bonds is 5. The van der Waals surface area contributed by atoms with Gasteiger partial charge < -0.3 is 9.80 Å². The lowest BCUT2D eigenvalue weighted by Gasteiger charge is -2.26. The van der Waals surface area contributed by atoms with Gasteiger partial charge in [0.1, 0.15) is 5.69 Å². The first kappa shape index (κ1) is 18.5. The predicted octanol–water partition coefficient (Wildman–Crippen LogP) is 3.98. The summed E-state index contributed by atoms with van der Waals surface area (Å²) < 4.78 is 0. The van der Waals surface area contributed by atoms with Crippen LogP contribution in [0.3, 0.4) is 0 Å². The highest BCUT2D eigenvalue weighted by atomic mass is 32.1. The molecule has 5 heteroatoms. The summed E-state index contributed by atoms with van der Waals surface area (Å²) in [5.74, 6) is 1.62. The van der Waals surface area contributed by atoms with Crippen LogP contribution in [0, 0.1) is 11.8 Å². The van der Waals surface area contributed by atoms with E-state index in [1.54, 1.807) is 5.51 Å². The second kappa shape index (κ2) is 8.09. The second-order valence-corrected chi connectivity index (χ2v) is 8.92. The van der Waals surface area contributed by atoms with E-state index in [1.807, 2.05) is 10.3 Å². The zero-order valence-electron chi connectivity index (χ0n) is 16.4. The van der Waals surface area contributed by atoms with Crippen molar-refractivity contribution in [3.05, 3.63) is 88.4 Å². The Kier molecular flexibility index (Phi) is 5.17. The number of aromatic nitrogens is 1. The van der Waals surface area contributed by atoms with Gasteiger partial charge in [-0.15, -0.1) is 11.3 Å². The molecular formula is C24H25N3OS. The number of likely N-dealkylation sites (tertiary alicyclic amines) is 2. The summed E-state index contributed by atoms with van der Waals surface area (Å²) in [7, 11) is 0. The molecule has 4 nitrogen and oxygen atoms in total. The molecule has 2 aliphatic heterocycles. The van der Waals surface area contributed by atoms with Crippen molar-refractivity contribution >= 4 is 17.2 Å². The SMILES string of the molecule is O=C(c1cscn1)N1C[C@H]2CN(CC(c3ccccc3)c3ccccc3)C[C@H]2C1. The van der Waals surface area contributed by atoms with Crippen LogP contribution in [-0.2, 0) is 0 Å². The van der Waals surface area contributed by atoms with Crippen molar-refractivity contribution in [3.8, 4) is 0 Å². The number of hydrogen-bond acceptors (Lipinski definition) is 4. The number of carbonyl (C=O) groups is 1. The molecule has 1 aromatic heterocycles. The van der Waals surface area contributed by atoms with Crippen LogP contribution in [0.2, 0.25) is 0 Å². The van der Waals surface area contributed by atoms with Crippen molar-refractivity contribution in [2.24, 2.45) is 11.8 Å². The van der Waals surface area contributed by atoms with Gasteiger partial charge >= 0.3 is 0 Å². The normalized spacial score (nSPS) is 21.6. The monoisotopic (exact) mass is 403 g/mol. The third kappa shape index (κ3) is 3.85. The van der Waals surface area contributed by atoms with Gasteiger partial charge in [-0.05, 0) is 23.0 Å². The van der Waals surface area contributed by atoms with E-state index in [2.05, 4.69) is 70.5 Å². The molecule has 2 atom stereocenters. The first-order valence-electron chi connectivity index (χ1n) is 10.3. The van der Waals surface area contributed by atoms with Gasteiger partial charge in [-0.2, -0.15) is 0 Å². The Morgan fingerprint density at radius 1 is 0.931 bits per heavy atom.